The molecule has 156 valence electrons. The molecule has 0 saturated heterocycles. The van der Waals surface area contributed by atoms with Gasteiger partial charge in [-0.05, 0) is 61.0 Å². The molecular weight excluding hydrogens is 368 g/mol. The van der Waals surface area contributed by atoms with E-state index >= 15 is 0 Å². The number of aliphatic hydroxyl groups excluding tert-OH is 2. The lowest BCUT2D eigenvalue weighted by Gasteiger charge is -2.19. The number of aliphatic hydroxyl groups is 2. The highest BCUT2D eigenvalue weighted by Gasteiger charge is 2.45. The van der Waals surface area contributed by atoms with Gasteiger partial charge in [0.05, 0.1) is 18.8 Å². The van der Waals surface area contributed by atoms with Crippen LogP contribution in [0.3, 0.4) is 0 Å². The van der Waals surface area contributed by atoms with E-state index in [4.69, 9.17) is 9.84 Å². The van der Waals surface area contributed by atoms with Crippen LogP contribution in [-0.4, -0.2) is 46.7 Å². The van der Waals surface area contributed by atoms with E-state index in [-0.39, 0.29) is 24.5 Å². The molecule has 0 amide bonds. The molecule has 0 radical (unpaired) electrons. The molecule has 0 aromatic heterocycles. The molecule has 1 aromatic carbocycles. The van der Waals surface area contributed by atoms with Gasteiger partial charge in [0.15, 0.2) is 0 Å². The predicted molar refractivity (Wildman–Crippen MR) is 109 cm³/mol. The standard InChI is InChI=1S/C24H30O5/c25-22(19-11-16-3-1-2-4-17(16)12-19)6-5-20-21-10-15(7-8-29-14-24(27)28)9-18(21)13-23(20)26/h1-7,18-23,25-26H,8-14H2,(H,27,28)/b6-5+,15-7+/t18?,20-,21?,22-,23-/m1/s1. The number of rotatable bonds is 7. The van der Waals surface area contributed by atoms with Crippen molar-refractivity contribution in [3.63, 3.8) is 0 Å². The highest BCUT2D eigenvalue weighted by molar-refractivity contribution is 5.68. The van der Waals surface area contributed by atoms with E-state index in [0.29, 0.717) is 18.4 Å². The number of benzene rings is 1. The number of carbonyl (C=O) groups is 1. The summed E-state index contributed by atoms with van der Waals surface area (Å²) in [6.45, 7) is 0.0503. The van der Waals surface area contributed by atoms with Crippen molar-refractivity contribution in [1.29, 1.82) is 0 Å². The zero-order chi connectivity index (χ0) is 20.4. The maximum atomic E-state index is 10.7. The van der Waals surface area contributed by atoms with Gasteiger partial charge >= 0.3 is 5.97 Å². The van der Waals surface area contributed by atoms with Gasteiger partial charge in [-0.1, -0.05) is 48.1 Å². The molecule has 5 nitrogen and oxygen atoms in total. The molecule has 3 aliphatic rings. The second-order valence-corrected chi connectivity index (χ2v) is 8.80. The van der Waals surface area contributed by atoms with Crippen LogP contribution in [0.1, 0.15) is 30.4 Å². The summed E-state index contributed by atoms with van der Waals surface area (Å²) in [5.74, 6) is 0.176. The monoisotopic (exact) mass is 398 g/mol. The molecule has 3 aliphatic carbocycles. The number of hydrogen-bond acceptors (Lipinski definition) is 4. The third-order valence-electron chi connectivity index (χ3n) is 6.92. The van der Waals surface area contributed by atoms with Crippen LogP contribution in [0.4, 0.5) is 0 Å². The van der Waals surface area contributed by atoms with Gasteiger partial charge in [0.25, 0.3) is 0 Å². The van der Waals surface area contributed by atoms with E-state index in [9.17, 15) is 15.0 Å². The molecular formula is C24H30O5. The summed E-state index contributed by atoms with van der Waals surface area (Å²) in [5, 5.41) is 29.9. The first kappa shape index (κ1) is 20.3. The van der Waals surface area contributed by atoms with Crippen molar-refractivity contribution in [1.82, 2.24) is 0 Å². The summed E-state index contributed by atoms with van der Waals surface area (Å²) >= 11 is 0. The SMILES string of the molecule is O=C(O)COC/C=C1\CC2C[C@@H](O)[C@H](/C=C/[C@@H](O)C3Cc4ccccc4C3)C2C1. The third kappa shape index (κ3) is 4.63. The smallest absolute Gasteiger partial charge is 0.329 e. The predicted octanol–water partition coefficient (Wildman–Crippen LogP) is 2.75. The van der Waals surface area contributed by atoms with Crippen molar-refractivity contribution in [2.24, 2.45) is 23.7 Å². The van der Waals surface area contributed by atoms with Gasteiger partial charge in [0.1, 0.15) is 6.61 Å². The summed E-state index contributed by atoms with van der Waals surface area (Å²) in [6.07, 6.45) is 9.58. The zero-order valence-electron chi connectivity index (χ0n) is 16.6. The molecule has 2 saturated carbocycles. The second-order valence-electron chi connectivity index (χ2n) is 8.80. The van der Waals surface area contributed by atoms with Gasteiger partial charge in [-0.15, -0.1) is 0 Å². The second kappa shape index (κ2) is 8.82. The first-order valence-corrected chi connectivity index (χ1v) is 10.6. The van der Waals surface area contributed by atoms with Crippen LogP contribution in [0.25, 0.3) is 0 Å². The molecule has 0 spiro atoms. The zero-order valence-corrected chi connectivity index (χ0v) is 16.6. The van der Waals surface area contributed by atoms with Crippen molar-refractivity contribution in [3.8, 4) is 0 Å². The van der Waals surface area contributed by atoms with Gasteiger partial charge in [0, 0.05) is 5.92 Å². The molecule has 5 atom stereocenters. The van der Waals surface area contributed by atoms with Crippen molar-refractivity contribution < 1.29 is 24.9 Å². The fourth-order valence-corrected chi connectivity index (χ4v) is 5.50. The molecule has 0 bridgehead atoms. The Bertz CT molecular complexity index is 773. The Morgan fingerprint density at radius 3 is 2.59 bits per heavy atom. The fourth-order valence-electron chi connectivity index (χ4n) is 5.50. The van der Waals surface area contributed by atoms with Crippen LogP contribution in [0.5, 0.6) is 0 Å². The fraction of sp³-hybridized carbons (Fsp3) is 0.542. The Morgan fingerprint density at radius 2 is 1.90 bits per heavy atom. The van der Waals surface area contributed by atoms with Gasteiger partial charge in [-0.25, -0.2) is 4.79 Å². The lowest BCUT2D eigenvalue weighted by Crippen LogP contribution is -2.21. The summed E-state index contributed by atoms with van der Waals surface area (Å²) in [4.78, 5) is 10.5. The topological polar surface area (TPSA) is 87.0 Å². The molecule has 0 heterocycles. The Hall–Kier alpha value is -1.95. The van der Waals surface area contributed by atoms with Crippen LogP contribution in [0.15, 0.2) is 48.1 Å². The van der Waals surface area contributed by atoms with Crippen LogP contribution >= 0.6 is 0 Å². The summed E-state index contributed by atoms with van der Waals surface area (Å²) in [6, 6.07) is 8.39. The number of ether oxygens (including phenoxy) is 1. The lowest BCUT2D eigenvalue weighted by atomic mass is 9.89. The Kier molecular flexibility index (Phi) is 6.18. The maximum Gasteiger partial charge on any atom is 0.329 e. The van der Waals surface area contributed by atoms with Gasteiger partial charge in [-0.3, -0.25) is 0 Å². The molecule has 5 heteroatoms. The number of fused-ring (bicyclic) bond motifs is 2. The average molecular weight is 398 g/mol. The van der Waals surface area contributed by atoms with E-state index in [1.807, 2.05) is 18.2 Å². The Labute approximate surface area is 171 Å². The average Bonchev–Trinajstić information content (AvgIpc) is 3.36. The Morgan fingerprint density at radius 1 is 1.17 bits per heavy atom. The van der Waals surface area contributed by atoms with E-state index in [0.717, 1.165) is 32.1 Å². The quantitative estimate of drug-likeness (QED) is 0.486. The van der Waals surface area contributed by atoms with Crippen LogP contribution in [-0.2, 0) is 22.4 Å². The minimum absolute atomic E-state index is 0.0734. The summed E-state index contributed by atoms with van der Waals surface area (Å²) < 4.78 is 5.12. The minimum atomic E-state index is -0.955. The largest absolute Gasteiger partial charge is 0.480 e. The number of carboxylic acids is 1. The molecule has 2 unspecified atom stereocenters. The number of aliphatic carboxylic acids is 1. The lowest BCUT2D eigenvalue weighted by molar-refractivity contribution is -0.141. The van der Waals surface area contributed by atoms with E-state index < -0.39 is 12.1 Å². The van der Waals surface area contributed by atoms with Crippen LogP contribution in [0.2, 0.25) is 0 Å². The van der Waals surface area contributed by atoms with Crippen molar-refractivity contribution in [3.05, 3.63) is 59.2 Å². The summed E-state index contributed by atoms with van der Waals surface area (Å²) in [7, 11) is 0. The molecule has 4 rings (SSSR count). The highest BCUT2D eigenvalue weighted by Crippen LogP contribution is 2.50. The van der Waals surface area contributed by atoms with Crippen molar-refractivity contribution in [2.75, 3.05) is 13.2 Å². The Balaban J connectivity index is 1.33. The van der Waals surface area contributed by atoms with Gasteiger partial charge in [0.2, 0.25) is 0 Å². The van der Waals surface area contributed by atoms with Crippen molar-refractivity contribution >= 4 is 5.97 Å². The normalized spacial score (nSPS) is 31.4. The van der Waals surface area contributed by atoms with Gasteiger partial charge in [-0.2, -0.15) is 0 Å². The number of carboxylic acid groups (broad SMARTS) is 1. The van der Waals surface area contributed by atoms with Gasteiger partial charge < -0.3 is 20.1 Å². The van der Waals surface area contributed by atoms with Crippen LogP contribution < -0.4 is 0 Å². The van der Waals surface area contributed by atoms with E-state index in [1.54, 1.807) is 0 Å². The molecule has 3 N–H and O–H groups in total. The van der Waals surface area contributed by atoms with Crippen LogP contribution in [0, 0.1) is 23.7 Å². The number of allylic oxidation sites excluding steroid dienone is 1. The summed E-state index contributed by atoms with van der Waals surface area (Å²) in [5.41, 5.74) is 3.96. The van der Waals surface area contributed by atoms with E-state index in [2.05, 4.69) is 24.3 Å². The maximum absolute atomic E-state index is 10.7. The molecule has 0 aliphatic heterocycles. The molecule has 1 aromatic rings. The molecule has 2 fully saturated rings. The molecule has 29 heavy (non-hydrogen) atoms. The third-order valence-corrected chi connectivity index (χ3v) is 6.92. The first-order valence-electron chi connectivity index (χ1n) is 10.6. The minimum Gasteiger partial charge on any atom is -0.480 e. The first-order chi connectivity index (χ1) is 14.0. The number of hydrogen-bond donors (Lipinski definition) is 3. The van der Waals surface area contributed by atoms with Crippen molar-refractivity contribution in [2.45, 2.75) is 44.3 Å². The highest BCUT2D eigenvalue weighted by atomic mass is 16.5. The van der Waals surface area contributed by atoms with E-state index in [1.165, 1.54) is 16.7 Å².